The third-order valence-corrected chi connectivity index (χ3v) is 3.17. The van der Waals surface area contributed by atoms with Crippen LogP contribution >= 0.6 is 0 Å². The maximum Gasteiger partial charge on any atom is 0.212 e. The number of nitrogens with zero attached hydrogens (tertiary/aromatic N) is 1. The van der Waals surface area contributed by atoms with Crippen LogP contribution in [0.25, 0.3) is 0 Å². The minimum absolute atomic E-state index is 0.389. The van der Waals surface area contributed by atoms with Gasteiger partial charge in [0.25, 0.3) is 0 Å². The van der Waals surface area contributed by atoms with Gasteiger partial charge in [-0.3, -0.25) is 0 Å². The fourth-order valence-corrected chi connectivity index (χ4v) is 1.93. The molecule has 21 heavy (non-hydrogen) atoms. The van der Waals surface area contributed by atoms with Crippen molar-refractivity contribution in [2.45, 2.75) is 45.3 Å². The van der Waals surface area contributed by atoms with E-state index in [-0.39, 0.29) is 0 Å². The van der Waals surface area contributed by atoms with Crippen molar-refractivity contribution >= 4 is 0 Å². The predicted molar refractivity (Wildman–Crippen MR) is 83.5 cm³/mol. The first kappa shape index (κ1) is 17.9. The van der Waals surface area contributed by atoms with Gasteiger partial charge in [-0.2, -0.15) is 0 Å². The minimum atomic E-state index is -0.470. The zero-order valence-electron chi connectivity index (χ0n) is 13.2. The molecule has 0 aliphatic rings. The number of nitrogens with one attached hydrogen (secondary N) is 1. The lowest BCUT2D eigenvalue weighted by Gasteiger charge is -2.12. The molecule has 0 saturated heterocycles. The van der Waals surface area contributed by atoms with Gasteiger partial charge in [-0.25, -0.2) is 4.98 Å². The van der Waals surface area contributed by atoms with Crippen molar-refractivity contribution in [2.75, 3.05) is 26.9 Å². The highest BCUT2D eigenvalue weighted by molar-refractivity contribution is 5.17. The largest absolute Gasteiger partial charge is 0.481 e. The molecule has 0 aliphatic carbocycles. The van der Waals surface area contributed by atoms with Crippen LogP contribution in [0.15, 0.2) is 18.3 Å². The summed E-state index contributed by atoms with van der Waals surface area (Å²) in [6, 6.07) is 3.78. The van der Waals surface area contributed by atoms with Gasteiger partial charge in [-0.15, -0.1) is 0 Å². The first-order valence-corrected chi connectivity index (χ1v) is 7.71. The molecule has 0 saturated carbocycles. The van der Waals surface area contributed by atoms with E-state index in [0.29, 0.717) is 25.6 Å². The molecule has 0 amide bonds. The topological polar surface area (TPSA) is 63.6 Å². The number of aliphatic hydroxyl groups excluding tert-OH is 1. The molecule has 0 aromatic carbocycles. The van der Waals surface area contributed by atoms with Crippen molar-refractivity contribution in [1.82, 2.24) is 10.3 Å². The number of methoxy groups -OCH3 is 1. The van der Waals surface area contributed by atoms with E-state index in [1.807, 2.05) is 12.1 Å². The van der Waals surface area contributed by atoms with Gasteiger partial charge in [0.05, 0.1) is 19.8 Å². The van der Waals surface area contributed by atoms with E-state index in [9.17, 15) is 5.11 Å². The van der Waals surface area contributed by atoms with Gasteiger partial charge in [0.1, 0.15) is 0 Å². The maximum atomic E-state index is 9.79. The van der Waals surface area contributed by atoms with E-state index in [1.54, 1.807) is 13.3 Å². The third kappa shape index (κ3) is 8.65. The van der Waals surface area contributed by atoms with Crippen LogP contribution in [0.2, 0.25) is 0 Å². The molecule has 0 spiro atoms. The smallest absolute Gasteiger partial charge is 0.212 e. The summed E-state index contributed by atoms with van der Waals surface area (Å²) in [7, 11) is 1.60. The molecule has 1 rings (SSSR count). The molecule has 0 bridgehead atoms. The van der Waals surface area contributed by atoms with Crippen molar-refractivity contribution < 1.29 is 14.6 Å². The van der Waals surface area contributed by atoms with Crippen LogP contribution in [0.3, 0.4) is 0 Å². The number of rotatable bonds is 12. The third-order valence-electron chi connectivity index (χ3n) is 3.17. The molecular weight excluding hydrogens is 268 g/mol. The van der Waals surface area contributed by atoms with Crippen LogP contribution in [-0.2, 0) is 11.3 Å². The lowest BCUT2D eigenvalue weighted by Crippen LogP contribution is -2.30. The van der Waals surface area contributed by atoms with Gasteiger partial charge in [0.2, 0.25) is 5.88 Å². The Bertz CT molecular complexity index is 357. The minimum Gasteiger partial charge on any atom is -0.481 e. The van der Waals surface area contributed by atoms with Gasteiger partial charge in [0.15, 0.2) is 0 Å². The molecule has 1 aromatic rings. The van der Waals surface area contributed by atoms with E-state index in [1.165, 1.54) is 19.3 Å². The fourth-order valence-electron chi connectivity index (χ4n) is 1.93. The molecule has 2 N–H and O–H groups in total. The molecule has 0 radical (unpaired) electrons. The summed E-state index contributed by atoms with van der Waals surface area (Å²) >= 11 is 0. The monoisotopic (exact) mass is 296 g/mol. The highest BCUT2D eigenvalue weighted by Crippen LogP contribution is 2.06. The van der Waals surface area contributed by atoms with Crippen LogP contribution < -0.4 is 10.1 Å². The van der Waals surface area contributed by atoms with Crippen LogP contribution in [0.1, 0.15) is 38.2 Å². The Morgan fingerprint density at radius 2 is 2.14 bits per heavy atom. The zero-order valence-corrected chi connectivity index (χ0v) is 13.2. The van der Waals surface area contributed by atoms with Crippen LogP contribution in [0.4, 0.5) is 0 Å². The van der Waals surface area contributed by atoms with Crippen molar-refractivity contribution in [3.63, 3.8) is 0 Å². The lowest BCUT2D eigenvalue weighted by atomic mass is 10.2. The highest BCUT2D eigenvalue weighted by Gasteiger charge is 2.04. The molecule has 5 heteroatoms. The number of hydrogen-bond acceptors (Lipinski definition) is 5. The van der Waals surface area contributed by atoms with Crippen LogP contribution in [-0.4, -0.2) is 43.1 Å². The molecule has 1 aromatic heterocycles. The summed E-state index contributed by atoms with van der Waals surface area (Å²) in [6.45, 7) is 4.50. The highest BCUT2D eigenvalue weighted by atomic mass is 16.5. The zero-order chi connectivity index (χ0) is 15.3. The Labute approximate surface area is 127 Å². The number of unbranched alkanes of at least 4 members (excludes halogenated alkanes) is 3. The molecule has 0 aliphatic heterocycles. The first-order chi connectivity index (χ1) is 10.3. The van der Waals surface area contributed by atoms with E-state index in [4.69, 9.17) is 9.47 Å². The number of aromatic nitrogens is 1. The van der Waals surface area contributed by atoms with E-state index in [2.05, 4.69) is 17.2 Å². The van der Waals surface area contributed by atoms with Crippen LogP contribution in [0, 0.1) is 0 Å². The number of hydrogen-bond donors (Lipinski definition) is 2. The Hall–Kier alpha value is -1.17. The predicted octanol–water partition coefficient (Wildman–Crippen LogP) is 2.14. The van der Waals surface area contributed by atoms with Gasteiger partial charge in [0, 0.05) is 32.0 Å². The second kappa shape index (κ2) is 11.5. The lowest BCUT2D eigenvalue weighted by molar-refractivity contribution is 0.0353. The Morgan fingerprint density at radius 3 is 2.81 bits per heavy atom. The van der Waals surface area contributed by atoms with E-state index < -0.39 is 6.10 Å². The molecular formula is C16H28N2O3. The SMILES string of the molecule is CCCCCCOCC(O)CNCc1ccc(OC)nc1. The van der Waals surface area contributed by atoms with E-state index >= 15 is 0 Å². The summed E-state index contributed by atoms with van der Waals surface area (Å²) in [6.07, 6.45) is 6.06. The quantitative estimate of drug-likeness (QED) is 0.579. The summed E-state index contributed by atoms with van der Waals surface area (Å²) in [5.74, 6) is 0.607. The Kier molecular flexibility index (Phi) is 9.78. The van der Waals surface area contributed by atoms with Gasteiger partial charge >= 0.3 is 0 Å². The molecule has 0 fully saturated rings. The summed E-state index contributed by atoms with van der Waals surface area (Å²) in [4.78, 5) is 4.13. The van der Waals surface area contributed by atoms with Crippen LogP contribution in [0.5, 0.6) is 5.88 Å². The van der Waals surface area contributed by atoms with E-state index in [0.717, 1.165) is 18.6 Å². The molecule has 5 nitrogen and oxygen atoms in total. The standard InChI is InChI=1S/C16H28N2O3/c1-3-4-5-6-9-21-13-15(19)12-17-10-14-7-8-16(20-2)18-11-14/h7-8,11,15,17,19H,3-6,9-10,12-13H2,1-2H3. The van der Waals surface area contributed by atoms with Crippen molar-refractivity contribution in [2.24, 2.45) is 0 Å². The van der Waals surface area contributed by atoms with Gasteiger partial charge < -0.3 is 19.9 Å². The number of aliphatic hydroxyl groups is 1. The van der Waals surface area contributed by atoms with Crippen molar-refractivity contribution in [1.29, 1.82) is 0 Å². The van der Waals surface area contributed by atoms with Crippen molar-refractivity contribution in [3.05, 3.63) is 23.9 Å². The normalized spacial score (nSPS) is 12.3. The van der Waals surface area contributed by atoms with Gasteiger partial charge in [-0.1, -0.05) is 32.3 Å². The second-order valence-electron chi connectivity index (χ2n) is 5.13. The average Bonchev–Trinajstić information content (AvgIpc) is 2.51. The van der Waals surface area contributed by atoms with Gasteiger partial charge in [-0.05, 0) is 12.0 Å². The van der Waals surface area contributed by atoms with Crippen molar-refractivity contribution in [3.8, 4) is 5.88 Å². The number of pyridine rings is 1. The Balaban J connectivity index is 2.03. The second-order valence-corrected chi connectivity index (χ2v) is 5.13. The maximum absolute atomic E-state index is 9.79. The molecule has 1 atom stereocenters. The summed E-state index contributed by atoms with van der Waals surface area (Å²) < 4.78 is 10.5. The summed E-state index contributed by atoms with van der Waals surface area (Å²) in [5, 5.41) is 13.0. The average molecular weight is 296 g/mol. The fraction of sp³-hybridized carbons (Fsp3) is 0.688. The Morgan fingerprint density at radius 1 is 1.29 bits per heavy atom. The molecule has 120 valence electrons. The first-order valence-electron chi connectivity index (χ1n) is 7.71. The molecule has 1 heterocycles. The summed E-state index contributed by atoms with van der Waals surface area (Å²) in [5.41, 5.74) is 1.06. The molecule has 1 unspecified atom stereocenters. The number of ether oxygens (including phenoxy) is 2.